The Labute approximate surface area is 210 Å². The Morgan fingerprint density at radius 1 is 0.389 bits per heavy atom. The Morgan fingerprint density at radius 3 is 1.03 bits per heavy atom. The molecular weight excluding hydrogens is 441 g/mol. The third-order valence-corrected chi connectivity index (χ3v) is 6.97. The summed E-state index contributed by atoms with van der Waals surface area (Å²) in [4.78, 5) is 0. The number of hydrogen-bond donors (Lipinski definition) is 2. The molecule has 0 unspecified atom stereocenters. The lowest BCUT2D eigenvalue weighted by molar-refractivity contribution is 0.426. The third kappa shape index (κ3) is 3.35. The van der Waals surface area contributed by atoms with E-state index in [0.29, 0.717) is 9.95 Å². The second-order valence-corrected chi connectivity index (χ2v) is 8.90. The maximum Gasteiger partial charge on any atom is 0.489 e. The molecule has 6 aromatic rings. The summed E-state index contributed by atoms with van der Waals surface area (Å²) in [6.45, 7) is 0. The van der Waals surface area contributed by atoms with Crippen LogP contribution in [0.3, 0.4) is 0 Å². The molecule has 0 atom stereocenters. The molecule has 2 N–H and O–H groups in total. The summed E-state index contributed by atoms with van der Waals surface area (Å²) in [5, 5.41) is 24.6. The zero-order chi connectivity index (χ0) is 24.5. The largest absolute Gasteiger partial charge is 0.489 e. The zero-order valence-electron chi connectivity index (χ0n) is 19.7. The van der Waals surface area contributed by atoms with Gasteiger partial charge in [-0.15, -0.1) is 0 Å². The van der Waals surface area contributed by atoms with Gasteiger partial charge in [-0.3, -0.25) is 0 Å². The molecule has 0 radical (unpaired) electrons. The first kappa shape index (κ1) is 22.3. The molecule has 6 rings (SSSR count). The maximum atomic E-state index is 10.5. The van der Waals surface area contributed by atoms with Crippen molar-refractivity contribution in [1.82, 2.24) is 4.48 Å². The third-order valence-electron chi connectivity index (χ3n) is 6.97. The summed E-state index contributed by atoms with van der Waals surface area (Å²) in [5.41, 5.74) is 4.85. The van der Waals surface area contributed by atoms with Crippen molar-refractivity contribution in [2.75, 3.05) is 0 Å². The van der Waals surface area contributed by atoms with Crippen molar-refractivity contribution in [1.29, 1.82) is 0 Å². The Kier molecular flexibility index (Phi) is 5.63. The van der Waals surface area contributed by atoms with Gasteiger partial charge in [-0.05, 0) is 28.4 Å². The van der Waals surface area contributed by atoms with Gasteiger partial charge in [-0.2, -0.15) is 4.48 Å². The first-order valence-corrected chi connectivity index (χ1v) is 12.1. The van der Waals surface area contributed by atoms with Gasteiger partial charge in [0.15, 0.2) is 5.69 Å². The van der Waals surface area contributed by atoms with Gasteiger partial charge in [0.2, 0.25) is 0 Å². The molecule has 4 heteroatoms. The lowest BCUT2D eigenvalue weighted by Crippen LogP contribution is -2.36. The van der Waals surface area contributed by atoms with E-state index in [1.54, 1.807) is 0 Å². The highest BCUT2D eigenvalue weighted by Gasteiger charge is 2.42. The molecule has 0 spiro atoms. The van der Waals surface area contributed by atoms with E-state index in [0.717, 1.165) is 44.3 Å². The number of nitrogens with zero attached hydrogens (tertiary/aromatic N) is 1. The average molecular weight is 466 g/mol. The van der Waals surface area contributed by atoms with Crippen molar-refractivity contribution >= 4 is 56.9 Å². The van der Waals surface area contributed by atoms with E-state index in [4.69, 9.17) is 0 Å². The SMILES string of the molecule is OB(O)c1c2ccccc2c([N+](c2ccccc2)(c2ccccc2)c2ccccc2)c2ccccc12. The van der Waals surface area contributed by atoms with Crippen LogP contribution in [0.1, 0.15) is 0 Å². The molecule has 0 saturated carbocycles. The quantitative estimate of drug-likeness (QED) is 0.164. The minimum atomic E-state index is -1.60. The summed E-state index contributed by atoms with van der Waals surface area (Å²) >= 11 is 0. The molecule has 6 aromatic carbocycles. The monoisotopic (exact) mass is 466 g/mol. The van der Waals surface area contributed by atoms with Gasteiger partial charge in [0.25, 0.3) is 0 Å². The van der Waals surface area contributed by atoms with Crippen LogP contribution in [-0.4, -0.2) is 17.2 Å². The molecule has 0 amide bonds. The number of quaternary nitrogens is 1. The molecule has 0 saturated heterocycles. The van der Waals surface area contributed by atoms with Crippen LogP contribution in [0.15, 0.2) is 140 Å². The van der Waals surface area contributed by atoms with Gasteiger partial charge in [-0.1, -0.05) is 91.0 Å². The molecule has 0 aliphatic carbocycles. The fourth-order valence-electron chi connectivity index (χ4n) is 5.57. The first-order chi connectivity index (χ1) is 17.7. The van der Waals surface area contributed by atoms with Crippen molar-refractivity contribution in [2.24, 2.45) is 0 Å². The van der Waals surface area contributed by atoms with Crippen LogP contribution in [0.4, 0.5) is 22.7 Å². The van der Waals surface area contributed by atoms with E-state index in [1.165, 1.54) is 0 Å². The summed E-state index contributed by atoms with van der Waals surface area (Å²) < 4.78 is 0.339. The number of para-hydroxylation sites is 3. The minimum absolute atomic E-state index is 0.339. The number of benzene rings is 6. The van der Waals surface area contributed by atoms with Crippen LogP contribution in [0.5, 0.6) is 0 Å². The van der Waals surface area contributed by atoms with Crippen LogP contribution in [0.2, 0.25) is 0 Å². The van der Waals surface area contributed by atoms with Crippen molar-refractivity contribution in [3.8, 4) is 0 Å². The highest BCUT2D eigenvalue weighted by Crippen LogP contribution is 2.55. The summed E-state index contributed by atoms with van der Waals surface area (Å²) in [6.07, 6.45) is 0. The number of rotatable bonds is 5. The predicted octanol–water partition coefficient (Wildman–Crippen LogP) is 6.98. The van der Waals surface area contributed by atoms with Crippen LogP contribution in [-0.2, 0) is 0 Å². The zero-order valence-corrected chi connectivity index (χ0v) is 19.7. The van der Waals surface area contributed by atoms with Gasteiger partial charge >= 0.3 is 7.12 Å². The Bertz CT molecular complexity index is 1500. The van der Waals surface area contributed by atoms with Crippen LogP contribution < -0.4 is 9.95 Å². The summed E-state index contributed by atoms with van der Waals surface area (Å²) in [7, 11) is -1.60. The van der Waals surface area contributed by atoms with E-state index in [2.05, 4.69) is 84.9 Å². The second-order valence-electron chi connectivity index (χ2n) is 8.90. The molecule has 0 aromatic heterocycles. The van der Waals surface area contributed by atoms with Gasteiger partial charge < -0.3 is 10.0 Å². The summed E-state index contributed by atoms with van der Waals surface area (Å²) in [6, 6.07) is 47.6. The Morgan fingerprint density at radius 2 is 0.694 bits per heavy atom. The number of hydrogen-bond acceptors (Lipinski definition) is 2. The van der Waals surface area contributed by atoms with Crippen LogP contribution in [0.25, 0.3) is 21.5 Å². The second kappa shape index (κ2) is 9.10. The molecule has 0 aliphatic rings. The van der Waals surface area contributed by atoms with Crippen LogP contribution >= 0.6 is 0 Å². The lowest BCUT2D eigenvalue weighted by Gasteiger charge is -2.38. The molecule has 172 valence electrons. The predicted molar refractivity (Wildman–Crippen MR) is 151 cm³/mol. The Balaban J connectivity index is 1.93. The van der Waals surface area contributed by atoms with Gasteiger partial charge in [0.05, 0.1) is 0 Å². The normalized spacial score (nSPS) is 11.6. The molecular formula is C32H25BNO2+. The topological polar surface area (TPSA) is 40.5 Å². The van der Waals surface area contributed by atoms with Crippen molar-refractivity contribution in [3.63, 3.8) is 0 Å². The van der Waals surface area contributed by atoms with Crippen molar-refractivity contribution < 1.29 is 10.0 Å². The smallest absolute Gasteiger partial charge is 0.423 e. The fourth-order valence-corrected chi connectivity index (χ4v) is 5.57. The molecule has 0 aliphatic heterocycles. The fraction of sp³-hybridized carbons (Fsp3) is 0. The van der Waals surface area contributed by atoms with Gasteiger partial charge in [0, 0.05) is 47.2 Å². The first-order valence-electron chi connectivity index (χ1n) is 12.1. The lowest BCUT2D eigenvalue weighted by atomic mass is 9.73. The average Bonchev–Trinajstić information content (AvgIpc) is 2.94. The standard InChI is InChI=1S/C32H25BNO2/c35-33(36)31-27-20-10-12-22-29(27)32(30-23-13-11-21-28(30)31)34(24-14-4-1-5-15-24,25-16-6-2-7-17-25)26-18-8-3-9-19-26/h1-23,35-36H/q+1. The maximum absolute atomic E-state index is 10.5. The van der Waals surface area contributed by atoms with E-state index in [1.807, 2.05) is 54.6 Å². The van der Waals surface area contributed by atoms with E-state index < -0.39 is 7.12 Å². The van der Waals surface area contributed by atoms with E-state index >= 15 is 0 Å². The molecule has 0 heterocycles. The van der Waals surface area contributed by atoms with E-state index in [9.17, 15) is 10.0 Å². The minimum Gasteiger partial charge on any atom is -0.423 e. The molecule has 0 bridgehead atoms. The highest BCUT2D eigenvalue weighted by atomic mass is 16.4. The van der Waals surface area contributed by atoms with Gasteiger partial charge in [-0.25, -0.2) is 0 Å². The molecule has 3 nitrogen and oxygen atoms in total. The molecule has 0 fully saturated rings. The van der Waals surface area contributed by atoms with Crippen molar-refractivity contribution in [2.45, 2.75) is 0 Å². The molecule has 36 heavy (non-hydrogen) atoms. The van der Waals surface area contributed by atoms with Crippen molar-refractivity contribution in [3.05, 3.63) is 140 Å². The summed E-state index contributed by atoms with van der Waals surface area (Å²) in [5.74, 6) is 0. The Hall–Kier alpha value is -4.22. The number of fused-ring (bicyclic) bond motifs is 2. The highest BCUT2D eigenvalue weighted by molar-refractivity contribution is 6.66. The van der Waals surface area contributed by atoms with Crippen LogP contribution in [0, 0.1) is 0 Å². The van der Waals surface area contributed by atoms with Gasteiger partial charge in [0.1, 0.15) is 17.1 Å². The van der Waals surface area contributed by atoms with E-state index in [-0.39, 0.29) is 0 Å².